The third-order valence-electron chi connectivity index (χ3n) is 4.51. The summed E-state index contributed by atoms with van der Waals surface area (Å²) in [7, 11) is 3.50. The van der Waals surface area contributed by atoms with Gasteiger partial charge in [0.1, 0.15) is 6.54 Å². The molecule has 1 amide bonds. The zero-order chi connectivity index (χ0) is 17.8. The Kier molecular flexibility index (Phi) is 5.68. The van der Waals surface area contributed by atoms with E-state index < -0.39 is 0 Å². The molecule has 1 saturated carbocycles. The van der Waals surface area contributed by atoms with Gasteiger partial charge in [-0.3, -0.25) is 4.79 Å². The molecule has 1 atom stereocenters. The summed E-state index contributed by atoms with van der Waals surface area (Å²) in [5, 5.41) is 7.66. The number of nitrogens with one attached hydrogen (secondary N) is 2. The number of benzene rings is 1. The van der Waals surface area contributed by atoms with Crippen LogP contribution >= 0.6 is 11.6 Å². The first-order valence-electron chi connectivity index (χ1n) is 8.79. The van der Waals surface area contributed by atoms with Crippen LogP contribution in [0.25, 0.3) is 0 Å². The minimum absolute atomic E-state index is 0.00566. The third kappa shape index (κ3) is 5.26. The molecule has 3 rings (SSSR count). The molecule has 0 spiro atoms. The van der Waals surface area contributed by atoms with Crippen LogP contribution in [-0.4, -0.2) is 62.6 Å². The molecule has 1 aromatic carbocycles. The number of carbonyl (C=O) groups excluding carboxylic acids is 1. The second kappa shape index (κ2) is 7.95. The van der Waals surface area contributed by atoms with E-state index in [4.69, 9.17) is 11.6 Å². The molecular formula is C18H26ClN5O. The highest BCUT2D eigenvalue weighted by Crippen LogP contribution is 2.22. The van der Waals surface area contributed by atoms with Crippen LogP contribution in [0.15, 0.2) is 29.3 Å². The molecule has 2 fully saturated rings. The number of amides is 1. The van der Waals surface area contributed by atoms with Crippen molar-refractivity contribution in [1.82, 2.24) is 15.5 Å². The summed E-state index contributed by atoms with van der Waals surface area (Å²) < 4.78 is 0. The van der Waals surface area contributed by atoms with E-state index in [0.717, 1.165) is 30.5 Å². The number of guanidine groups is 1. The molecule has 1 heterocycles. The average molecular weight is 364 g/mol. The summed E-state index contributed by atoms with van der Waals surface area (Å²) in [5.74, 6) is 0.756. The van der Waals surface area contributed by atoms with Gasteiger partial charge in [-0.2, -0.15) is 0 Å². The summed E-state index contributed by atoms with van der Waals surface area (Å²) in [6, 6.07) is 8.76. The molecule has 1 aliphatic heterocycles. The first kappa shape index (κ1) is 17.9. The van der Waals surface area contributed by atoms with E-state index in [1.54, 1.807) is 19.0 Å². The number of carbonyl (C=O) groups is 1. The Morgan fingerprint density at radius 2 is 1.88 bits per heavy atom. The Morgan fingerprint density at radius 1 is 1.20 bits per heavy atom. The molecule has 0 radical (unpaired) electrons. The Hall–Kier alpha value is -1.95. The number of nitrogens with zero attached hydrogens (tertiary/aromatic N) is 3. The molecule has 2 N–H and O–H groups in total. The van der Waals surface area contributed by atoms with Gasteiger partial charge in [-0.15, -0.1) is 0 Å². The number of hydrogen-bond donors (Lipinski definition) is 2. The van der Waals surface area contributed by atoms with Crippen LogP contribution in [0.2, 0.25) is 5.02 Å². The molecular weight excluding hydrogens is 338 g/mol. The van der Waals surface area contributed by atoms with Gasteiger partial charge in [0, 0.05) is 50.0 Å². The highest BCUT2D eigenvalue weighted by atomic mass is 35.5. The van der Waals surface area contributed by atoms with Gasteiger partial charge in [-0.25, -0.2) is 4.99 Å². The zero-order valence-electron chi connectivity index (χ0n) is 14.8. The first-order valence-corrected chi connectivity index (χ1v) is 9.17. The Balaban J connectivity index is 1.57. The van der Waals surface area contributed by atoms with E-state index in [1.807, 2.05) is 12.1 Å². The lowest BCUT2D eigenvalue weighted by molar-refractivity contribution is -0.127. The Morgan fingerprint density at radius 3 is 2.52 bits per heavy atom. The van der Waals surface area contributed by atoms with E-state index in [9.17, 15) is 4.79 Å². The van der Waals surface area contributed by atoms with Crippen molar-refractivity contribution in [1.29, 1.82) is 0 Å². The standard InChI is InChI=1S/C18H26ClN5O/c1-23(2)17(25)11-20-18(21-14-5-6-14)22-15-9-10-24(12-15)16-7-3-13(19)4-8-16/h3-4,7-8,14-15H,5-6,9-12H2,1-2H3,(H2,20,21,22). The van der Waals surface area contributed by atoms with Crippen LogP contribution in [0.4, 0.5) is 5.69 Å². The van der Waals surface area contributed by atoms with Crippen LogP contribution in [0.1, 0.15) is 19.3 Å². The molecule has 1 saturated heterocycles. The minimum Gasteiger partial charge on any atom is -0.369 e. The minimum atomic E-state index is 0.00566. The van der Waals surface area contributed by atoms with Crippen LogP contribution < -0.4 is 15.5 Å². The van der Waals surface area contributed by atoms with Crippen LogP contribution in [0, 0.1) is 0 Å². The van der Waals surface area contributed by atoms with Gasteiger partial charge >= 0.3 is 0 Å². The zero-order valence-corrected chi connectivity index (χ0v) is 15.6. The van der Waals surface area contributed by atoms with Crippen molar-refractivity contribution in [3.05, 3.63) is 29.3 Å². The smallest absolute Gasteiger partial charge is 0.243 e. The number of rotatable bonds is 5. The molecule has 0 bridgehead atoms. The molecule has 7 heteroatoms. The lowest BCUT2D eigenvalue weighted by atomic mass is 10.2. The predicted molar refractivity (Wildman–Crippen MR) is 102 cm³/mol. The fourth-order valence-corrected chi connectivity index (χ4v) is 2.93. The second-order valence-corrected chi connectivity index (χ2v) is 7.36. The number of anilines is 1. The highest BCUT2D eigenvalue weighted by Gasteiger charge is 2.27. The molecule has 136 valence electrons. The Labute approximate surface area is 154 Å². The normalized spacial score (nSPS) is 20.5. The predicted octanol–water partition coefficient (Wildman–Crippen LogP) is 1.70. The van der Waals surface area contributed by atoms with Crippen LogP contribution in [-0.2, 0) is 4.79 Å². The number of halogens is 1. The average Bonchev–Trinajstić information content (AvgIpc) is 3.28. The lowest BCUT2D eigenvalue weighted by Gasteiger charge is -2.21. The summed E-state index contributed by atoms with van der Waals surface area (Å²) in [4.78, 5) is 20.2. The van der Waals surface area contributed by atoms with Crippen molar-refractivity contribution in [3.63, 3.8) is 0 Å². The maximum Gasteiger partial charge on any atom is 0.243 e. The largest absolute Gasteiger partial charge is 0.369 e. The van der Waals surface area contributed by atoms with Gasteiger partial charge in [0.2, 0.25) is 5.91 Å². The van der Waals surface area contributed by atoms with Crippen molar-refractivity contribution in [2.45, 2.75) is 31.3 Å². The van der Waals surface area contributed by atoms with E-state index in [1.165, 1.54) is 18.5 Å². The molecule has 25 heavy (non-hydrogen) atoms. The fourth-order valence-electron chi connectivity index (χ4n) is 2.80. The van der Waals surface area contributed by atoms with E-state index in [-0.39, 0.29) is 12.5 Å². The van der Waals surface area contributed by atoms with Gasteiger partial charge in [0.05, 0.1) is 0 Å². The molecule has 6 nitrogen and oxygen atoms in total. The summed E-state index contributed by atoms with van der Waals surface area (Å²) >= 11 is 5.97. The van der Waals surface area contributed by atoms with Crippen molar-refractivity contribution in [3.8, 4) is 0 Å². The maximum absolute atomic E-state index is 11.8. The second-order valence-electron chi connectivity index (χ2n) is 6.92. The van der Waals surface area contributed by atoms with Gasteiger partial charge in [0.25, 0.3) is 0 Å². The van der Waals surface area contributed by atoms with Gasteiger partial charge in [-0.1, -0.05) is 11.6 Å². The van der Waals surface area contributed by atoms with E-state index >= 15 is 0 Å². The molecule has 1 unspecified atom stereocenters. The Bertz CT molecular complexity index is 627. The van der Waals surface area contributed by atoms with Crippen LogP contribution in [0.5, 0.6) is 0 Å². The summed E-state index contributed by atoms with van der Waals surface area (Å²) in [6.45, 7) is 2.07. The summed E-state index contributed by atoms with van der Waals surface area (Å²) in [6.07, 6.45) is 3.38. The number of hydrogen-bond acceptors (Lipinski definition) is 3. The van der Waals surface area contributed by atoms with Gasteiger partial charge in [-0.05, 0) is 43.5 Å². The molecule has 1 aliphatic carbocycles. The number of aliphatic imine (C=N–C) groups is 1. The van der Waals surface area contributed by atoms with Crippen molar-refractivity contribution in [2.75, 3.05) is 38.6 Å². The van der Waals surface area contributed by atoms with Crippen molar-refractivity contribution < 1.29 is 4.79 Å². The third-order valence-corrected chi connectivity index (χ3v) is 4.76. The SMILES string of the molecule is CN(C)C(=O)CN=C(NC1CC1)NC1CCN(c2ccc(Cl)cc2)C1. The summed E-state index contributed by atoms with van der Waals surface area (Å²) in [5.41, 5.74) is 1.19. The van der Waals surface area contributed by atoms with E-state index in [2.05, 4.69) is 32.7 Å². The quantitative estimate of drug-likeness (QED) is 0.617. The first-order chi connectivity index (χ1) is 12.0. The molecule has 2 aliphatic rings. The molecule has 0 aromatic heterocycles. The van der Waals surface area contributed by atoms with E-state index in [0.29, 0.717) is 12.1 Å². The van der Waals surface area contributed by atoms with Crippen LogP contribution in [0.3, 0.4) is 0 Å². The molecule has 1 aromatic rings. The van der Waals surface area contributed by atoms with Gasteiger partial charge in [0.15, 0.2) is 5.96 Å². The maximum atomic E-state index is 11.8. The number of likely N-dealkylation sites (N-methyl/N-ethyl adjacent to an activating group) is 1. The topological polar surface area (TPSA) is 60.0 Å². The fraction of sp³-hybridized carbons (Fsp3) is 0.556. The monoisotopic (exact) mass is 363 g/mol. The van der Waals surface area contributed by atoms with Gasteiger partial charge < -0.3 is 20.4 Å². The highest BCUT2D eigenvalue weighted by molar-refractivity contribution is 6.30. The van der Waals surface area contributed by atoms with Crippen molar-refractivity contribution >= 4 is 29.2 Å². The lowest BCUT2D eigenvalue weighted by Crippen LogP contribution is -2.46. The van der Waals surface area contributed by atoms with Crippen molar-refractivity contribution in [2.24, 2.45) is 4.99 Å².